The fraction of sp³-hybridized carbons (Fsp3) is 0.667. The maximum Gasteiger partial charge on any atom is 0.225 e. The Bertz CT molecular complexity index is 345. The van der Waals surface area contributed by atoms with Gasteiger partial charge in [0.05, 0.1) is 5.69 Å². The van der Waals surface area contributed by atoms with Crippen molar-refractivity contribution >= 4 is 5.95 Å². The Balaban J connectivity index is 2.21. The maximum absolute atomic E-state index is 4.67. The Morgan fingerprint density at radius 1 is 1.38 bits per heavy atom. The Morgan fingerprint density at radius 3 is 2.75 bits per heavy atom. The molecule has 1 aromatic rings. The van der Waals surface area contributed by atoms with Crippen molar-refractivity contribution in [3.8, 4) is 0 Å². The summed E-state index contributed by atoms with van der Waals surface area (Å²) in [5, 5.41) is 3.15. The van der Waals surface area contributed by atoms with E-state index in [1.807, 2.05) is 13.2 Å². The lowest BCUT2D eigenvalue weighted by Gasteiger charge is -2.16. The number of nitrogens with one attached hydrogen (secondary N) is 1. The van der Waals surface area contributed by atoms with Crippen LogP contribution in [0.15, 0.2) is 6.20 Å². The summed E-state index contributed by atoms with van der Waals surface area (Å²) in [4.78, 5) is 11.4. The number of nitrogens with zero attached hydrogens (tertiary/aromatic N) is 3. The van der Waals surface area contributed by atoms with Crippen molar-refractivity contribution < 1.29 is 0 Å². The van der Waals surface area contributed by atoms with E-state index < -0.39 is 0 Å². The average molecular weight is 220 g/mol. The third-order valence-electron chi connectivity index (χ3n) is 3.03. The van der Waals surface area contributed by atoms with E-state index in [4.69, 9.17) is 0 Å². The summed E-state index contributed by atoms with van der Waals surface area (Å²) in [6, 6.07) is 0. The molecule has 1 aromatic heterocycles. The summed E-state index contributed by atoms with van der Waals surface area (Å²) in [5.74, 6) is 0.911. The van der Waals surface area contributed by atoms with Crippen molar-refractivity contribution in [2.24, 2.45) is 0 Å². The molecular formula is C12H20N4. The van der Waals surface area contributed by atoms with Gasteiger partial charge < -0.3 is 10.2 Å². The van der Waals surface area contributed by atoms with Crippen LogP contribution in [0, 0.1) is 0 Å². The number of hydrogen-bond acceptors (Lipinski definition) is 4. The van der Waals surface area contributed by atoms with Crippen LogP contribution in [0.5, 0.6) is 0 Å². The van der Waals surface area contributed by atoms with Crippen molar-refractivity contribution in [3.05, 3.63) is 17.5 Å². The maximum atomic E-state index is 4.67. The highest BCUT2D eigenvalue weighted by Gasteiger charge is 2.15. The molecule has 0 bridgehead atoms. The molecule has 16 heavy (non-hydrogen) atoms. The van der Waals surface area contributed by atoms with Gasteiger partial charge in [0.1, 0.15) is 0 Å². The number of aromatic nitrogens is 2. The normalized spacial score (nSPS) is 15.8. The molecule has 1 N–H and O–H groups in total. The van der Waals surface area contributed by atoms with Crippen LogP contribution in [0.25, 0.3) is 0 Å². The van der Waals surface area contributed by atoms with E-state index in [2.05, 4.69) is 27.1 Å². The summed E-state index contributed by atoms with van der Waals surface area (Å²) in [7, 11) is 1.95. The zero-order chi connectivity index (χ0) is 11.4. The summed E-state index contributed by atoms with van der Waals surface area (Å²) in [6.45, 7) is 5.21. The Morgan fingerprint density at radius 2 is 2.12 bits per heavy atom. The fourth-order valence-electron chi connectivity index (χ4n) is 2.15. The van der Waals surface area contributed by atoms with Gasteiger partial charge in [0, 0.05) is 31.4 Å². The van der Waals surface area contributed by atoms with Gasteiger partial charge in [-0.05, 0) is 26.3 Å². The van der Waals surface area contributed by atoms with Gasteiger partial charge >= 0.3 is 0 Å². The van der Waals surface area contributed by atoms with E-state index in [1.54, 1.807) is 0 Å². The molecule has 0 atom stereocenters. The predicted octanol–water partition coefficient (Wildman–Crippen LogP) is 1.36. The molecule has 2 rings (SSSR count). The van der Waals surface area contributed by atoms with Gasteiger partial charge in [0.15, 0.2) is 0 Å². The highest BCUT2D eigenvalue weighted by molar-refractivity contribution is 5.34. The summed E-state index contributed by atoms with van der Waals surface area (Å²) in [5.41, 5.74) is 2.39. The SMILES string of the molecule is CCc1nc(N2CCCC2)ncc1CNC. The smallest absolute Gasteiger partial charge is 0.225 e. The van der Waals surface area contributed by atoms with Crippen LogP contribution in [0.1, 0.15) is 31.0 Å². The zero-order valence-corrected chi connectivity index (χ0v) is 10.2. The van der Waals surface area contributed by atoms with E-state index >= 15 is 0 Å². The minimum absolute atomic E-state index is 0.851. The summed E-state index contributed by atoms with van der Waals surface area (Å²) in [6.07, 6.45) is 5.47. The molecule has 4 heteroatoms. The van der Waals surface area contributed by atoms with Crippen LogP contribution in [0.4, 0.5) is 5.95 Å². The Hall–Kier alpha value is -1.16. The van der Waals surface area contributed by atoms with Crippen molar-refractivity contribution in [2.75, 3.05) is 25.0 Å². The van der Waals surface area contributed by atoms with Crippen LogP contribution in [-0.4, -0.2) is 30.1 Å². The van der Waals surface area contributed by atoms with Crippen LogP contribution in [0.2, 0.25) is 0 Å². The first kappa shape index (κ1) is 11.3. The first-order valence-electron chi connectivity index (χ1n) is 6.09. The monoisotopic (exact) mass is 220 g/mol. The van der Waals surface area contributed by atoms with E-state index in [9.17, 15) is 0 Å². The quantitative estimate of drug-likeness (QED) is 0.832. The lowest BCUT2D eigenvalue weighted by Crippen LogP contribution is -2.21. The van der Waals surface area contributed by atoms with Crippen LogP contribution in [0.3, 0.4) is 0 Å². The van der Waals surface area contributed by atoms with Gasteiger partial charge in [0.25, 0.3) is 0 Å². The molecule has 0 aliphatic carbocycles. The molecule has 88 valence electrons. The molecule has 1 aliphatic heterocycles. The van der Waals surface area contributed by atoms with Crippen molar-refractivity contribution in [2.45, 2.75) is 32.7 Å². The molecule has 1 fully saturated rings. The van der Waals surface area contributed by atoms with Crippen LogP contribution >= 0.6 is 0 Å². The largest absolute Gasteiger partial charge is 0.341 e. The lowest BCUT2D eigenvalue weighted by atomic mass is 10.2. The standard InChI is InChI=1S/C12H20N4/c1-3-11-10(8-13-2)9-14-12(15-11)16-6-4-5-7-16/h9,13H,3-8H2,1-2H3. The molecule has 0 amide bonds. The molecule has 0 aromatic carbocycles. The van der Waals surface area contributed by atoms with E-state index in [0.717, 1.165) is 32.0 Å². The van der Waals surface area contributed by atoms with E-state index in [-0.39, 0.29) is 0 Å². The highest BCUT2D eigenvalue weighted by Crippen LogP contribution is 2.17. The van der Waals surface area contributed by atoms with Crippen molar-refractivity contribution in [1.82, 2.24) is 15.3 Å². The van der Waals surface area contributed by atoms with Crippen LogP contribution in [-0.2, 0) is 13.0 Å². The number of anilines is 1. The van der Waals surface area contributed by atoms with Gasteiger partial charge in [-0.15, -0.1) is 0 Å². The van der Waals surface area contributed by atoms with E-state index in [0.29, 0.717) is 0 Å². The fourth-order valence-corrected chi connectivity index (χ4v) is 2.15. The number of aryl methyl sites for hydroxylation is 1. The lowest BCUT2D eigenvalue weighted by molar-refractivity contribution is 0.776. The Kier molecular flexibility index (Phi) is 3.72. The second kappa shape index (κ2) is 5.25. The third-order valence-corrected chi connectivity index (χ3v) is 3.03. The molecule has 0 saturated carbocycles. The Labute approximate surface area is 97.1 Å². The topological polar surface area (TPSA) is 41.1 Å². The predicted molar refractivity (Wildman–Crippen MR) is 65.6 cm³/mol. The first-order valence-corrected chi connectivity index (χ1v) is 6.09. The molecule has 4 nitrogen and oxygen atoms in total. The van der Waals surface area contributed by atoms with Gasteiger partial charge in [-0.3, -0.25) is 0 Å². The molecule has 0 unspecified atom stereocenters. The molecular weight excluding hydrogens is 200 g/mol. The third kappa shape index (κ3) is 2.32. The van der Waals surface area contributed by atoms with Gasteiger partial charge in [0.2, 0.25) is 5.95 Å². The first-order chi connectivity index (χ1) is 7.85. The van der Waals surface area contributed by atoms with Crippen molar-refractivity contribution in [3.63, 3.8) is 0 Å². The van der Waals surface area contributed by atoms with Gasteiger partial charge in [-0.1, -0.05) is 6.92 Å². The number of rotatable bonds is 4. The average Bonchev–Trinajstić information content (AvgIpc) is 2.83. The van der Waals surface area contributed by atoms with E-state index in [1.165, 1.54) is 24.1 Å². The van der Waals surface area contributed by atoms with Crippen LogP contribution < -0.4 is 10.2 Å². The molecule has 1 aliphatic rings. The van der Waals surface area contributed by atoms with Gasteiger partial charge in [-0.25, -0.2) is 9.97 Å². The summed E-state index contributed by atoms with van der Waals surface area (Å²) >= 11 is 0. The summed E-state index contributed by atoms with van der Waals surface area (Å²) < 4.78 is 0. The van der Waals surface area contributed by atoms with Crippen molar-refractivity contribution in [1.29, 1.82) is 0 Å². The number of hydrogen-bond donors (Lipinski definition) is 1. The molecule has 0 spiro atoms. The minimum Gasteiger partial charge on any atom is -0.341 e. The second-order valence-corrected chi connectivity index (χ2v) is 4.22. The highest BCUT2D eigenvalue weighted by atomic mass is 15.3. The molecule has 0 radical (unpaired) electrons. The van der Waals surface area contributed by atoms with Gasteiger partial charge in [-0.2, -0.15) is 0 Å². The second-order valence-electron chi connectivity index (χ2n) is 4.22. The zero-order valence-electron chi connectivity index (χ0n) is 10.2. The minimum atomic E-state index is 0.851. The molecule has 2 heterocycles. The molecule has 1 saturated heterocycles.